The van der Waals surface area contributed by atoms with Crippen molar-refractivity contribution < 1.29 is 14.3 Å². The van der Waals surface area contributed by atoms with Crippen molar-refractivity contribution >= 4 is 5.91 Å². The van der Waals surface area contributed by atoms with E-state index >= 15 is 0 Å². The Morgan fingerprint density at radius 2 is 1.84 bits per heavy atom. The van der Waals surface area contributed by atoms with E-state index in [0.717, 1.165) is 5.56 Å². The molecule has 2 atom stereocenters. The predicted molar refractivity (Wildman–Crippen MR) is 73.0 cm³/mol. The molecular formula is C15H22FNO2. The van der Waals surface area contributed by atoms with Crippen LogP contribution in [0.5, 0.6) is 0 Å². The van der Waals surface area contributed by atoms with Crippen LogP contribution in [0.3, 0.4) is 0 Å². The first-order valence-electron chi connectivity index (χ1n) is 6.63. The van der Waals surface area contributed by atoms with Gasteiger partial charge >= 0.3 is 0 Å². The topological polar surface area (TPSA) is 49.3 Å². The fraction of sp³-hybridized carbons (Fsp3) is 0.533. The summed E-state index contributed by atoms with van der Waals surface area (Å²) in [5, 5.41) is 12.1. The van der Waals surface area contributed by atoms with Crippen molar-refractivity contribution in [3.8, 4) is 0 Å². The summed E-state index contributed by atoms with van der Waals surface area (Å²) < 4.78 is 12.9. The lowest BCUT2D eigenvalue weighted by molar-refractivity contribution is -0.122. The van der Waals surface area contributed by atoms with Crippen molar-refractivity contribution in [1.29, 1.82) is 0 Å². The van der Waals surface area contributed by atoms with Crippen molar-refractivity contribution in [2.75, 3.05) is 0 Å². The van der Waals surface area contributed by atoms with E-state index < -0.39 is 6.10 Å². The highest BCUT2D eigenvalue weighted by molar-refractivity contribution is 5.76. The Kier molecular flexibility index (Phi) is 5.96. The third-order valence-electron chi connectivity index (χ3n) is 3.00. The average Bonchev–Trinajstić information content (AvgIpc) is 2.34. The second-order valence-corrected chi connectivity index (χ2v) is 5.23. The maximum Gasteiger partial charge on any atom is 0.220 e. The summed E-state index contributed by atoms with van der Waals surface area (Å²) in [5.74, 6) is -0.170. The van der Waals surface area contributed by atoms with Crippen molar-refractivity contribution in [1.82, 2.24) is 5.32 Å². The van der Waals surface area contributed by atoms with Crippen molar-refractivity contribution in [3.63, 3.8) is 0 Å². The van der Waals surface area contributed by atoms with Crippen LogP contribution in [0.4, 0.5) is 4.39 Å². The second kappa shape index (κ2) is 7.24. The Bertz CT molecular complexity index is 401. The van der Waals surface area contributed by atoms with Gasteiger partial charge in [-0.2, -0.15) is 0 Å². The summed E-state index contributed by atoms with van der Waals surface area (Å²) in [6, 6.07) is 6.03. The average molecular weight is 267 g/mol. The Morgan fingerprint density at radius 3 is 2.32 bits per heavy atom. The highest BCUT2D eigenvalue weighted by Crippen LogP contribution is 2.22. The number of benzene rings is 1. The Labute approximate surface area is 113 Å². The molecule has 0 aliphatic rings. The number of aliphatic hydroxyl groups excluding tert-OH is 1. The second-order valence-electron chi connectivity index (χ2n) is 5.23. The standard InChI is InChI=1S/C15H22FNO2/c1-10(2)15(12-5-7-13(16)8-6-12)17-14(19)9-4-11(3)18/h5-8,10-11,15,18H,4,9H2,1-3H3,(H,17,19). The maximum absolute atomic E-state index is 12.9. The minimum absolute atomic E-state index is 0.0936. The van der Waals surface area contributed by atoms with Gasteiger partial charge in [0, 0.05) is 6.42 Å². The third-order valence-corrected chi connectivity index (χ3v) is 3.00. The summed E-state index contributed by atoms with van der Waals surface area (Å²) in [5.41, 5.74) is 0.891. The summed E-state index contributed by atoms with van der Waals surface area (Å²) in [6.45, 7) is 5.67. The van der Waals surface area contributed by atoms with Crippen LogP contribution >= 0.6 is 0 Å². The predicted octanol–water partition coefficient (Wildman–Crippen LogP) is 2.80. The molecule has 3 nitrogen and oxygen atoms in total. The summed E-state index contributed by atoms with van der Waals surface area (Å²) in [7, 11) is 0. The molecule has 1 aromatic rings. The molecule has 0 spiro atoms. The number of rotatable bonds is 6. The van der Waals surface area contributed by atoms with Crippen LogP contribution in [0.1, 0.15) is 45.2 Å². The molecule has 0 aromatic heterocycles. The van der Waals surface area contributed by atoms with Gasteiger partial charge in [0.25, 0.3) is 0 Å². The van der Waals surface area contributed by atoms with E-state index in [1.165, 1.54) is 12.1 Å². The molecule has 4 heteroatoms. The summed E-state index contributed by atoms with van der Waals surface area (Å²) in [4.78, 5) is 11.8. The zero-order valence-corrected chi connectivity index (χ0v) is 11.7. The number of amides is 1. The van der Waals surface area contributed by atoms with E-state index in [1.807, 2.05) is 13.8 Å². The van der Waals surface area contributed by atoms with Gasteiger partial charge < -0.3 is 10.4 Å². The number of aliphatic hydroxyl groups is 1. The van der Waals surface area contributed by atoms with E-state index in [1.54, 1.807) is 19.1 Å². The van der Waals surface area contributed by atoms with E-state index in [9.17, 15) is 14.3 Å². The molecule has 2 N–H and O–H groups in total. The highest BCUT2D eigenvalue weighted by atomic mass is 19.1. The first-order chi connectivity index (χ1) is 8.90. The zero-order valence-electron chi connectivity index (χ0n) is 11.7. The minimum Gasteiger partial charge on any atom is -0.393 e. The largest absolute Gasteiger partial charge is 0.393 e. The molecule has 0 saturated carbocycles. The van der Waals surface area contributed by atoms with Gasteiger partial charge in [0.1, 0.15) is 5.82 Å². The van der Waals surface area contributed by atoms with E-state index in [-0.39, 0.29) is 23.7 Å². The number of hydrogen-bond acceptors (Lipinski definition) is 2. The van der Waals surface area contributed by atoms with Crippen molar-refractivity contribution in [2.45, 2.75) is 45.8 Å². The summed E-state index contributed by atoms with van der Waals surface area (Å²) in [6.07, 6.45) is 0.261. The molecule has 1 aromatic carbocycles. The van der Waals surface area contributed by atoms with Gasteiger partial charge in [-0.15, -0.1) is 0 Å². The molecule has 106 valence electrons. The Balaban J connectivity index is 2.68. The number of halogens is 1. The minimum atomic E-state index is -0.478. The van der Waals surface area contributed by atoms with Crippen molar-refractivity contribution in [3.05, 3.63) is 35.6 Å². The number of carbonyl (C=O) groups excluding carboxylic acids is 1. The first-order valence-corrected chi connectivity index (χ1v) is 6.63. The molecule has 0 saturated heterocycles. The number of carbonyl (C=O) groups is 1. The molecule has 0 aliphatic heterocycles. The van der Waals surface area contributed by atoms with Gasteiger partial charge in [-0.05, 0) is 37.0 Å². The highest BCUT2D eigenvalue weighted by Gasteiger charge is 2.18. The van der Waals surface area contributed by atoms with E-state index in [2.05, 4.69) is 5.32 Å². The Morgan fingerprint density at radius 1 is 1.26 bits per heavy atom. The van der Waals surface area contributed by atoms with Gasteiger partial charge in [-0.3, -0.25) is 4.79 Å². The van der Waals surface area contributed by atoms with Crippen LogP contribution in [0, 0.1) is 11.7 Å². The fourth-order valence-electron chi connectivity index (χ4n) is 1.89. The SMILES string of the molecule is CC(O)CCC(=O)NC(c1ccc(F)cc1)C(C)C. The lowest BCUT2D eigenvalue weighted by Gasteiger charge is -2.23. The molecule has 1 amide bonds. The fourth-order valence-corrected chi connectivity index (χ4v) is 1.89. The molecule has 2 unspecified atom stereocenters. The van der Waals surface area contributed by atoms with Crippen molar-refractivity contribution in [2.24, 2.45) is 5.92 Å². The van der Waals surface area contributed by atoms with Gasteiger partial charge in [-0.1, -0.05) is 26.0 Å². The maximum atomic E-state index is 12.9. The molecule has 19 heavy (non-hydrogen) atoms. The molecule has 0 fully saturated rings. The van der Waals surface area contributed by atoms with Gasteiger partial charge in [-0.25, -0.2) is 4.39 Å². The molecule has 1 rings (SSSR count). The van der Waals surface area contributed by atoms with E-state index in [0.29, 0.717) is 12.8 Å². The smallest absolute Gasteiger partial charge is 0.220 e. The molecule has 0 aliphatic carbocycles. The van der Waals surface area contributed by atoms with Gasteiger partial charge in [0.15, 0.2) is 0 Å². The van der Waals surface area contributed by atoms with E-state index in [4.69, 9.17) is 0 Å². The van der Waals surface area contributed by atoms with Crippen LogP contribution in [0.2, 0.25) is 0 Å². The molecule has 0 heterocycles. The molecule has 0 radical (unpaired) electrons. The number of hydrogen-bond donors (Lipinski definition) is 2. The normalized spacial score (nSPS) is 14.2. The monoisotopic (exact) mass is 267 g/mol. The number of nitrogens with one attached hydrogen (secondary N) is 1. The van der Waals surface area contributed by atoms with Crippen LogP contribution < -0.4 is 5.32 Å². The lowest BCUT2D eigenvalue weighted by Crippen LogP contribution is -2.32. The molecular weight excluding hydrogens is 245 g/mol. The van der Waals surface area contributed by atoms with Crippen LogP contribution in [0.15, 0.2) is 24.3 Å². The van der Waals surface area contributed by atoms with Gasteiger partial charge in [0.05, 0.1) is 12.1 Å². The summed E-state index contributed by atoms with van der Waals surface area (Å²) >= 11 is 0. The first kappa shape index (κ1) is 15.6. The van der Waals surface area contributed by atoms with Crippen LogP contribution in [-0.2, 0) is 4.79 Å². The quantitative estimate of drug-likeness (QED) is 0.832. The van der Waals surface area contributed by atoms with Gasteiger partial charge in [0.2, 0.25) is 5.91 Å². The zero-order chi connectivity index (χ0) is 14.4. The van der Waals surface area contributed by atoms with Crippen LogP contribution in [-0.4, -0.2) is 17.1 Å². The van der Waals surface area contributed by atoms with Crippen LogP contribution in [0.25, 0.3) is 0 Å². The molecule has 0 bridgehead atoms. The lowest BCUT2D eigenvalue weighted by atomic mass is 9.95. The Hall–Kier alpha value is -1.42. The third kappa shape index (κ3) is 5.39.